The number of amides is 3. The van der Waals surface area contributed by atoms with Crippen molar-refractivity contribution in [3.05, 3.63) is 41.6 Å². The molecule has 1 saturated carbocycles. The molecule has 0 spiro atoms. The molecule has 4 aromatic rings. The van der Waals surface area contributed by atoms with Crippen LogP contribution in [0.15, 0.2) is 30.7 Å². The number of carbonyl (C=O) groups is 2. The minimum atomic E-state index is -1.10. The molecule has 1 saturated heterocycles. The SMILES string of the molecule is CN1CCN(c2c(F)c(Cl)c(-c3ccc4nc(NC(=O)C5CC5F)cn4c3)c3cn[nH]c23)C1=O. The maximum atomic E-state index is 15.6. The van der Waals surface area contributed by atoms with Gasteiger partial charge in [0, 0.05) is 42.8 Å². The molecule has 174 valence electrons. The van der Waals surface area contributed by atoms with Crippen molar-refractivity contribution in [2.75, 3.05) is 30.4 Å². The topological polar surface area (TPSA) is 98.6 Å². The van der Waals surface area contributed by atoms with Crippen LogP contribution in [0, 0.1) is 11.7 Å². The quantitative estimate of drug-likeness (QED) is 0.459. The number of aromatic nitrogens is 4. The highest BCUT2D eigenvalue weighted by atomic mass is 35.5. The number of hydrogen-bond donors (Lipinski definition) is 2. The number of halogens is 3. The summed E-state index contributed by atoms with van der Waals surface area (Å²) < 4.78 is 30.4. The summed E-state index contributed by atoms with van der Waals surface area (Å²) in [5, 5.41) is 9.92. The van der Waals surface area contributed by atoms with Gasteiger partial charge in [-0.2, -0.15) is 5.10 Å². The Morgan fingerprint density at radius 3 is 2.79 bits per heavy atom. The summed E-state index contributed by atoms with van der Waals surface area (Å²) in [6, 6.07) is 3.11. The molecular weight excluding hydrogens is 468 g/mol. The van der Waals surface area contributed by atoms with Crippen molar-refractivity contribution in [3.63, 3.8) is 0 Å². The third-order valence-electron chi connectivity index (χ3n) is 6.29. The van der Waals surface area contributed by atoms with E-state index in [4.69, 9.17) is 11.6 Å². The summed E-state index contributed by atoms with van der Waals surface area (Å²) in [5.41, 5.74) is 1.96. The first-order chi connectivity index (χ1) is 16.3. The van der Waals surface area contributed by atoms with Crippen LogP contribution in [-0.2, 0) is 4.79 Å². The molecule has 2 N–H and O–H groups in total. The predicted molar refractivity (Wildman–Crippen MR) is 122 cm³/mol. The van der Waals surface area contributed by atoms with E-state index < -0.39 is 23.8 Å². The Kier molecular flexibility index (Phi) is 4.53. The molecule has 0 radical (unpaired) electrons. The summed E-state index contributed by atoms with van der Waals surface area (Å²) in [6.07, 6.45) is 3.96. The molecule has 2 unspecified atom stereocenters. The third kappa shape index (κ3) is 3.11. The van der Waals surface area contributed by atoms with Gasteiger partial charge in [-0.3, -0.25) is 14.8 Å². The molecule has 1 aromatic carbocycles. The van der Waals surface area contributed by atoms with Crippen LogP contribution in [-0.4, -0.2) is 62.7 Å². The second-order valence-electron chi connectivity index (χ2n) is 8.52. The molecule has 2 fully saturated rings. The molecule has 2 aliphatic rings. The normalized spacial score (nSPS) is 20.1. The average Bonchev–Trinajstić information content (AvgIpc) is 3.12. The van der Waals surface area contributed by atoms with Crippen LogP contribution in [0.1, 0.15) is 6.42 Å². The second kappa shape index (κ2) is 7.39. The monoisotopic (exact) mass is 485 g/mol. The number of pyridine rings is 1. The number of imidazole rings is 1. The molecule has 1 aliphatic heterocycles. The Hall–Kier alpha value is -3.73. The van der Waals surface area contributed by atoms with Gasteiger partial charge in [0.05, 0.1) is 28.9 Å². The predicted octanol–water partition coefficient (Wildman–Crippen LogP) is 3.84. The molecule has 4 heterocycles. The number of likely N-dealkylation sites (N-methyl/N-ethyl adjacent to an activating group) is 1. The molecular formula is C22H18ClF2N7O2. The molecule has 9 nitrogen and oxygen atoms in total. The maximum Gasteiger partial charge on any atom is 0.324 e. The zero-order valence-electron chi connectivity index (χ0n) is 17.8. The molecule has 0 bridgehead atoms. The number of alkyl halides is 1. The van der Waals surface area contributed by atoms with Gasteiger partial charge in [0.15, 0.2) is 11.6 Å². The van der Waals surface area contributed by atoms with E-state index in [0.29, 0.717) is 46.6 Å². The standard InChI is InChI=1S/C22H18ClF2N7O2/c1-30-4-5-32(22(30)34)20-18(25)17(23)16(12-7-26-29-19(12)20)10-2-3-15-27-14(9-31(15)8-10)28-21(33)11-6-13(11)24/h2-3,7-9,11,13H,4-6H2,1H3,(H,26,29)(H,28,33). The first kappa shape index (κ1) is 20.8. The highest BCUT2D eigenvalue weighted by Crippen LogP contribution is 2.43. The number of benzene rings is 1. The van der Waals surface area contributed by atoms with Crippen LogP contribution in [0.25, 0.3) is 27.7 Å². The van der Waals surface area contributed by atoms with Crippen LogP contribution in [0.3, 0.4) is 0 Å². The van der Waals surface area contributed by atoms with Crippen molar-refractivity contribution in [3.8, 4) is 11.1 Å². The molecule has 34 heavy (non-hydrogen) atoms. The van der Waals surface area contributed by atoms with Gasteiger partial charge in [-0.05, 0) is 18.6 Å². The fourth-order valence-corrected chi connectivity index (χ4v) is 4.64. The lowest BCUT2D eigenvalue weighted by atomic mass is 10.0. The number of carbonyl (C=O) groups excluding carboxylic acids is 2. The van der Waals surface area contributed by atoms with E-state index in [1.807, 2.05) is 0 Å². The first-order valence-corrected chi connectivity index (χ1v) is 11.0. The highest BCUT2D eigenvalue weighted by Gasteiger charge is 2.43. The molecule has 6 rings (SSSR count). The van der Waals surface area contributed by atoms with E-state index in [1.54, 1.807) is 36.0 Å². The molecule has 1 aliphatic carbocycles. The Labute approximate surface area is 196 Å². The maximum absolute atomic E-state index is 15.6. The van der Waals surface area contributed by atoms with Gasteiger partial charge in [0.1, 0.15) is 17.5 Å². The van der Waals surface area contributed by atoms with Crippen LogP contribution < -0.4 is 10.2 Å². The number of H-pyrrole nitrogens is 1. The van der Waals surface area contributed by atoms with E-state index in [2.05, 4.69) is 20.5 Å². The summed E-state index contributed by atoms with van der Waals surface area (Å²) >= 11 is 6.53. The number of rotatable bonds is 4. The van der Waals surface area contributed by atoms with Crippen molar-refractivity contribution in [2.45, 2.75) is 12.6 Å². The van der Waals surface area contributed by atoms with Gasteiger partial charge < -0.3 is 14.6 Å². The minimum absolute atomic E-state index is 0.0653. The summed E-state index contributed by atoms with van der Waals surface area (Å²) in [5.74, 6) is -1.46. The van der Waals surface area contributed by atoms with Gasteiger partial charge in [0.25, 0.3) is 0 Å². The fraction of sp³-hybridized carbons (Fsp3) is 0.273. The van der Waals surface area contributed by atoms with Crippen molar-refractivity contribution in [1.29, 1.82) is 0 Å². The number of nitrogens with one attached hydrogen (secondary N) is 2. The number of urea groups is 1. The molecule has 12 heteroatoms. The second-order valence-corrected chi connectivity index (χ2v) is 8.90. The first-order valence-electron chi connectivity index (χ1n) is 10.6. The number of anilines is 2. The van der Waals surface area contributed by atoms with Crippen molar-refractivity contribution >= 4 is 51.6 Å². The van der Waals surface area contributed by atoms with Gasteiger partial charge in [0.2, 0.25) is 5.91 Å². The van der Waals surface area contributed by atoms with Gasteiger partial charge in [-0.25, -0.2) is 18.6 Å². The van der Waals surface area contributed by atoms with E-state index >= 15 is 4.39 Å². The van der Waals surface area contributed by atoms with E-state index in [9.17, 15) is 14.0 Å². The van der Waals surface area contributed by atoms with Crippen LogP contribution >= 0.6 is 11.6 Å². The Bertz CT molecular complexity index is 1500. The Morgan fingerprint density at radius 1 is 1.29 bits per heavy atom. The fourth-order valence-electron chi connectivity index (χ4n) is 4.34. The highest BCUT2D eigenvalue weighted by molar-refractivity contribution is 6.36. The molecule has 3 amide bonds. The van der Waals surface area contributed by atoms with Gasteiger partial charge in [-0.15, -0.1) is 0 Å². The van der Waals surface area contributed by atoms with Crippen molar-refractivity contribution in [1.82, 2.24) is 24.5 Å². The number of aromatic amines is 1. The van der Waals surface area contributed by atoms with Crippen LogP contribution in [0.2, 0.25) is 5.02 Å². The van der Waals surface area contributed by atoms with Gasteiger partial charge in [-0.1, -0.05) is 11.6 Å². The number of nitrogens with zero attached hydrogens (tertiary/aromatic N) is 5. The van der Waals surface area contributed by atoms with E-state index in [0.717, 1.165) is 0 Å². The van der Waals surface area contributed by atoms with Crippen molar-refractivity contribution < 1.29 is 18.4 Å². The Balaban J connectivity index is 1.43. The lowest BCUT2D eigenvalue weighted by Crippen LogP contribution is -2.30. The molecule has 2 atom stereocenters. The van der Waals surface area contributed by atoms with Crippen LogP contribution in [0.4, 0.5) is 25.1 Å². The van der Waals surface area contributed by atoms with Crippen LogP contribution in [0.5, 0.6) is 0 Å². The summed E-state index contributed by atoms with van der Waals surface area (Å²) in [6.45, 7) is 0.797. The summed E-state index contributed by atoms with van der Waals surface area (Å²) in [7, 11) is 1.65. The van der Waals surface area contributed by atoms with Crippen molar-refractivity contribution in [2.24, 2.45) is 5.92 Å². The van der Waals surface area contributed by atoms with E-state index in [-0.39, 0.29) is 23.2 Å². The summed E-state index contributed by atoms with van der Waals surface area (Å²) in [4.78, 5) is 31.7. The number of hydrogen-bond acceptors (Lipinski definition) is 4. The minimum Gasteiger partial charge on any atom is -0.326 e. The lowest BCUT2D eigenvalue weighted by Gasteiger charge is -2.20. The molecule has 3 aromatic heterocycles. The van der Waals surface area contributed by atoms with E-state index in [1.165, 1.54) is 16.0 Å². The largest absolute Gasteiger partial charge is 0.326 e. The third-order valence-corrected chi connectivity index (χ3v) is 6.65. The zero-order chi connectivity index (χ0) is 23.7. The smallest absolute Gasteiger partial charge is 0.324 e. The number of fused-ring (bicyclic) bond motifs is 2. The zero-order valence-corrected chi connectivity index (χ0v) is 18.6. The lowest BCUT2D eigenvalue weighted by molar-refractivity contribution is -0.117. The van der Waals surface area contributed by atoms with Gasteiger partial charge >= 0.3 is 6.03 Å². The Morgan fingerprint density at radius 2 is 2.09 bits per heavy atom. The average molecular weight is 486 g/mol.